The summed E-state index contributed by atoms with van der Waals surface area (Å²) in [5, 5.41) is 13.9. The number of ether oxygens (including phenoxy) is 3. The lowest BCUT2D eigenvalue weighted by molar-refractivity contribution is 0.0955. The minimum Gasteiger partial charge on any atom is -0.502 e. The molecule has 3 aromatic carbocycles. The van der Waals surface area contributed by atoms with Crippen molar-refractivity contribution in [1.29, 1.82) is 0 Å². The molecule has 0 unspecified atom stereocenters. The molecule has 0 bridgehead atoms. The number of benzene rings is 3. The highest BCUT2D eigenvalue weighted by Gasteiger charge is 2.10. The maximum Gasteiger partial charge on any atom is 0.271 e. The van der Waals surface area contributed by atoms with Crippen LogP contribution in [0.2, 0.25) is 0 Å². The number of para-hydroxylation sites is 1. The first kappa shape index (κ1) is 20.7. The van der Waals surface area contributed by atoms with Crippen LogP contribution < -0.4 is 19.6 Å². The summed E-state index contributed by atoms with van der Waals surface area (Å²) in [5.74, 6) is 0.832. The zero-order chi connectivity index (χ0) is 21.3. The summed E-state index contributed by atoms with van der Waals surface area (Å²) in [6, 6.07) is 19.8. The van der Waals surface area contributed by atoms with Crippen molar-refractivity contribution < 1.29 is 24.1 Å². The summed E-state index contributed by atoms with van der Waals surface area (Å²) in [7, 11) is 2.87. The minimum atomic E-state index is -0.348. The molecule has 0 aliphatic carbocycles. The van der Waals surface area contributed by atoms with Crippen molar-refractivity contribution in [3.63, 3.8) is 0 Å². The van der Waals surface area contributed by atoms with Gasteiger partial charge in [0.15, 0.2) is 11.5 Å². The number of amides is 1. The Labute approximate surface area is 174 Å². The Morgan fingerprint density at radius 2 is 1.63 bits per heavy atom. The first-order valence-electron chi connectivity index (χ1n) is 9.16. The van der Waals surface area contributed by atoms with Gasteiger partial charge in [-0.1, -0.05) is 30.3 Å². The Bertz CT molecular complexity index is 993. The largest absolute Gasteiger partial charge is 0.502 e. The first-order valence-corrected chi connectivity index (χ1v) is 9.16. The van der Waals surface area contributed by atoms with Gasteiger partial charge in [-0.3, -0.25) is 4.79 Å². The van der Waals surface area contributed by atoms with E-state index in [1.54, 1.807) is 24.3 Å². The fourth-order valence-corrected chi connectivity index (χ4v) is 2.65. The molecule has 154 valence electrons. The van der Waals surface area contributed by atoms with Crippen LogP contribution in [0.1, 0.15) is 21.5 Å². The van der Waals surface area contributed by atoms with Crippen LogP contribution in [0.15, 0.2) is 71.8 Å². The molecule has 0 aliphatic heterocycles. The Kier molecular flexibility index (Phi) is 6.89. The predicted octanol–water partition coefficient (Wildman–Crippen LogP) is 3.75. The highest BCUT2D eigenvalue weighted by atomic mass is 16.5. The maximum absolute atomic E-state index is 12.3. The zero-order valence-electron chi connectivity index (χ0n) is 16.7. The molecule has 0 saturated carbocycles. The number of phenols is 1. The molecule has 3 rings (SSSR count). The van der Waals surface area contributed by atoms with Gasteiger partial charge in [0.25, 0.3) is 5.91 Å². The van der Waals surface area contributed by atoms with E-state index < -0.39 is 0 Å². The quantitative estimate of drug-likeness (QED) is 0.439. The summed E-state index contributed by atoms with van der Waals surface area (Å²) in [4.78, 5) is 12.3. The van der Waals surface area contributed by atoms with Gasteiger partial charge in [-0.15, -0.1) is 0 Å². The Morgan fingerprint density at radius 1 is 1.00 bits per heavy atom. The van der Waals surface area contributed by atoms with E-state index in [4.69, 9.17) is 14.2 Å². The molecule has 30 heavy (non-hydrogen) atoms. The molecule has 3 aromatic rings. The van der Waals surface area contributed by atoms with E-state index >= 15 is 0 Å². The van der Waals surface area contributed by atoms with Crippen LogP contribution in [0.25, 0.3) is 0 Å². The van der Waals surface area contributed by atoms with Crippen LogP contribution in [-0.2, 0) is 6.61 Å². The third kappa shape index (κ3) is 5.29. The molecule has 2 N–H and O–H groups in total. The number of phenolic OH excluding ortho intramolecular Hbond substituents is 1. The van der Waals surface area contributed by atoms with Crippen molar-refractivity contribution in [3.05, 3.63) is 83.4 Å². The fraction of sp³-hybridized carbons (Fsp3) is 0.130. The van der Waals surface area contributed by atoms with E-state index in [0.29, 0.717) is 17.7 Å². The van der Waals surface area contributed by atoms with Crippen molar-refractivity contribution in [1.82, 2.24) is 5.43 Å². The Morgan fingerprint density at radius 3 is 2.23 bits per heavy atom. The van der Waals surface area contributed by atoms with Gasteiger partial charge in [0.1, 0.15) is 12.4 Å². The van der Waals surface area contributed by atoms with E-state index in [1.807, 2.05) is 42.5 Å². The van der Waals surface area contributed by atoms with Gasteiger partial charge in [-0.2, -0.15) is 5.10 Å². The molecule has 0 atom stereocenters. The summed E-state index contributed by atoms with van der Waals surface area (Å²) in [6.45, 7) is 0.411. The van der Waals surface area contributed by atoms with Crippen molar-refractivity contribution in [2.24, 2.45) is 5.10 Å². The lowest BCUT2D eigenvalue weighted by atomic mass is 10.1. The van der Waals surface area contributed by atoms with Gasteiger partial charge in [-0.25, -0.2) is 5.43 Å². The summed E-state index contributed by atoms with van der Waals surface area (Å²) < 4.78 is 15.9. The van der Waals surface area contributed by atoms with E-state index in [-0.39, 0.29) is 23.2 Å². The van der Waals surface area contributed by atoms with Gasteiger partial charge in [-0.05, 0) is 42.0 Å². The van der Waals surface area contributed by atoms with Gasteiger partial charge in [0, 0.05) is 11.1 Å². The van der Waals surface area contributed by atoms with E-state index in [0.717, 1.165) is 11.3 Å². The molecule has 1 amide bonds. The van der Waals surface area contributed by atoms with E-state index in [2.05, 4.69) is 10.5 Å². The van der Waals surface area contributed by atoms with Crippen molar-refractivity contribution in [2.75, 3.05) is 14.2 Å². The predicted molar refractivity (Wildman–Crippen MR) is 113 cm³/mol. The highest BCUT2D eigenvalue weighted by Crippen LogP contribution is 2.36. The Balaban J connectivity index is 1.58. The van der Waals surface area contributed by atoms with Crippen LogP contribution >= 0.6 is 0 Å². The average molecular weight is 406 g/mol. The first-order chi connectivity index (χ1) is 14.6. The summed E-state index contributed by atoms with van der Waals surface area (Å²) >= 11 is 0. The van der Waals surface area contributed by atoms with Crippen molar-refractivity contribution in [2.45, 2.75) is 6.61 Å². The Hall–Kier alpha value is -4.00. The summed E-state index contributed by atoms with van der Waals surface area (Å²) in [5.41, 5.74) is 4.48. The summed E-state index contributed by atoms with van der Waals surface area (Å²) in [6.07, 6.45) is 1.43. The fourth-order valence-electron chi connectivity index (χ4n) is 2.65. The molecule has 7 nitrogen and oxygen atoms in total. The normalized spacial score (nSPS) is 10.6. The number of aromatic hydroxyl groups is 1. The molecule has 0 aromatic heterocycles. The van der Waals surface area contributed by atoms with Crippen LogP contribution in [0, 0.1) is 0 Å². The molecule has 0 saturated heterocycles. The van der Waals surface area contributed by atoms with Crippen LogP contribution in [0.4, 0.5) is 0 Å². The SMILES string of the molecule is COc1cc(/C=N/NC(=O)c2ccc(COc3ccccc3)cc2)cc(OC)c1O. The molecule has 0 aliphatic rings. The number of carbonyl (C=O) groups is 1. The highest BCUT2D eigenvalue weighted by molar-refractivity contribution is 5.95. The molecular formula is C23H22N2O5. The number of nitrogens with zero attached hydrogens (tertiary/aromatic N) is 1. The van der Waals surface area contributed by atoms with Crippen LogP contribution in [0.5, 0.6) is 23.0 Å². The van der Waals surface area contributed by atoms with Crippen LogP contribution in [-0.4, -0.2) is 31.4 Å². The monoisotopic (exact) mass is 406 g/mol. The zero-order valence-corrected chi connectivity index (χ0v) is 16.7. The van der Waals surface area contributed by atoms with Gasteiger partial charge < -0.3 is 19.3 Å². The van der Waals surface area contributed by atoms with E-state index in [1.165, 1.54) is 20.4 Å². The molecular weight excluding hydrogens is 384 g/mol. The molecule has 0 spiro atoms. The topological polar surface area (TPSA) is 89.4 Å². The number of hydrazone groups is 1. The van der Waals surface area contributed by atoms with Crippen molar-refractivity contribution >= 4 is 12.1 Å². The van der Waals surface area contributed by atoms with E-state index in [9.17, 15) is 9.90 Å². The van der Waals surface area contributed by atoms with Gasteiger partial charge in [0.2, 0.25) is 5.75 Å². The van der Waals surface area contributed by atoms with Crippen LogP contribution in [0.3, 0.4) is 0 Å². The van der Waals surface area contributed by atoms with Gasteiger partial charge in [0.05, 0.1) is 20.4 Å². The van der Waals surface area contributed by atoms with Gasteiger partial charge >= 0.3 is 0 Å². The molecule has 0 heterocycles. The number of nitrogens with one attached hydrogen (secondary N) is 1. The average Bonchev–Trinajstić information content (AvgIpc) is 2.79. The lowest BCUT2D eigenvalue weighted by Gasteiger charge is -2.09. The molecule has 0 fully saturated rings. The third-order valence-electron chi connectivity index (χ3n) is 4.25. The second-order valence-electron chi connectivity index (χ2n) is 6.27. The third-order valence-corrected chi connectivity index (χ3v) is 4.25. The molecule has 7 heteroatoms. The second-order valence-corrected chi connectivity index (χ2v) is 6.27. The number of carbonyl (C=O) groups excluding carboxylic acids is 1. The van der Waals surface area contributed by atoms with Crippen molar-refractivity contribution in [3.8, 4) is 23.0 Å². The number of methoxy groups -OCH3 is 2. The number of rotatable bonds is 8. The smallest absolute Gasteiger partial charge is 0.271 e. The standard InChI is InChI=1S/C23H22N2O5/c1-28-20-12-17(13-21(29-2)22(20)26)14-24-25-23(27)18-10-8-16(9-11-18)15-30-19-6-4-3-5-7-19/h3-14,26H,15H2,1-2H3,(H,25,27)/b24-14+. The molecule has 0 radical (unpaired) electrons. The number of hydrogen-bond acceptors (Lipinski definition) is 6. The maximum atomic E-state index is 12.3. The number of hydrogen-bond donors (Lipinski definition) is 2. The lowest BCUT2D eigenvalue weighted by Crippen LogP contribution is -2.17. The minimum absolute atomic E-state index is 0.0995. The second kappa shape index (κ2) is 9.97.